The number of methoxy groups -OCH3 is 1. The summed E-state index contributed by atoms with van der Waals surface area (Å²) in [5.74, 6) is -0.397. The number of ether oxygens (including phenoxy) is 1. The number of H-pyrrole nitrogens is 1. The molecule has 1 heterocycles. The largest absolute Gasteiger partial charge is 0.464 e. The van der Waals surface area contributed by atoms with Crippen molar-refractivity contribution < 1.29 is 14.3 Å². The van der Waals surface area contributed by atoms with Crippen LogP contribution in [0.5, 0.6) is 0 Å². The van der Waals surface area contributed by atoms with Gasteiger partial charge in [-0.1, -0.05) is 0 Å². The Morgan fingerprint density at radius 3 is 2.82 bits per heavy atom. The van der Waals surface area contributed by atoms with E-state index >= 15 is 0 Å². The third-order valence-corrected chi connectivity index (χ3v) is 2.07. The van der Waals surface area contributed by atoms with Crippen molar-refractivity contribution in [1.29, 1.82) is 0 Å². The third kappa shape index (κ3) is 4.56. The fraction of sp³-hybridized carbons (Fsp3) is 0.400. The van der Waals surface area contributed by atoms with E-state index in [-0.39, 0.29) is 0 Å². The van der Waals surface area contributed by atoms with E-state index in [0.29, 0.717) is 25.3 Å². The van der Waals surface area contributed by atoms with Crippen molar-refractivity contribution in [3.63, 3.8) is 0 Å². The predicted molar refractivity (Wildman–Crippen MR) is 61.4 cm³/mol. The second-order valence-electron chi connectivity index (χ2n) is 3.36. The molecule has 0 aliphatic heterocycles. The lowest BCUT2D eigenvalue weighted by atomic mass is 10.4. The lowest BCUT2D eigenvalue weighted by molar-refractivity contribution is 0.0594. The van der Waals surface area contributed by atoms with Crippen LogP contribution in [0.2, 0.25) is 0 Å². The Labute approximate surface area is 98.7 Å². The number of aromatic amines is 1. The molecule has 0 spiro atoms. The third-order valence-electron chi connectivity index (χ3n) is 2.07. The van der Waals surface area contributed by atoms with Gasteiger partial charge < -0.3 is 26.1 Å². The number of nitrogens with one attached hydrogen (secondary N) is 3. The van der Waals surface area contributed by atoms with E-state index in [2.05, 4.69) is 20.4 Å². The lowest BCUT2D eigenvalue weighted by Crippen LogP contribution is -2.35. The molecule has 94 valence electrons. The molecule has 0 aliphatic rings. The Balaban J connectivity index is 2.25. The van der Waals surface area contributed by atoms with Gasteiger partial charge in [-0.3, -0.25) is 0 Å². The Hall–Kier alpha value is -2.02. The molecule has 0 atom stereocenters. The number of carbonyl (C=O) groups excluding carboxylic acids is 2. The Bertz CT molecular complexity index is 389. The van der Waals surface area contributed by atoms with E-state index in [1.807, 2.05) is 0 Å². The van der Waals surface area contributed by atoms with Gasteiger partial charge in [0, 0.05) is 25.3 Å². The Kier molecular flexibility index (Phi) is 5.02. The Morgan fingerprint density at radius 2 is 2.18 bits per heavy atom. The molecule has 1 aromatic rings. The first kappa shape index (κ1) is 13.0. The molecular weight excluding hydrogens is 224 g/mol. The quantitative estimate of drug-likeness (QED) is 0.399. The molecule has 2 amide bonds. The molecule has 0 aromatic carbocycles. The van der Waals surface area contributed by atoms with Crippen molar-refractivity contribution in [3.05, 3.63) is 23.5 Å². The highest BCUT2D eigenvalue weighted by Gasteiger charge is 2.07. The van der Waals surface area contributed by atoms with Gasteiger partial charge in [-0.25, -0.2) is 9.59 Å². The van der Waals surface area contributed by atoms with Gasteiger partial charge in [0.15, 0.2) is 0 Å². The van der Waals surface area contributed by atoms with Gasteiger partial charge in [0.2, 0.25) is 0 Å². The summed E-state index contributed by atoms with van der Waals surface area (Å²) in [5.41, 5.74) is 6.18. The predicted octanol–water partition coefficient (Wildman–Crippen LogP) is -0.441. The number of primary amides is 1. The van der Waals surface area contributed by atoms with Crippen molar-refractivity contribution in [2.24, 2.45) is 5.73 Å². The van der Waals surface area contributed by atoms with Crippen LogP contribution in [-0.4, -0.2) is 37.2 Å². The molecule has 5 N–H and O–H groups in total. The topological polar surface area (TPSA) is 109 Å². The molecule has 1 aromatic heterocycles. The molecule has 0 bridgehead atoms. The number of carbonyl (C=O) groups is 2. The summed E-state index contributed by atoms with van der Waals surface area (Å²) in [6.07, 6.45) is 0. The summed E-state index contributed by atoms with van der Waals surface area (Å²) >= 11 is 0. The summed E-state index contributed by atoms with van der Waals surface area (Å²) in [7, 11) is 1.33. The van der Waals surface area contributed by atoms with Crippen LogP contribution in [0.1, 0.15) is 16.2 Å². The van der Waals surface area contributed by atoms with Crippen LogP contribution in [-0.2, 0) is 11.3 Å². The molecule has 0 unspecified atom stereocenters. The molecule has 0 radical (unpaired) electrons. The summed E-state index contributed by atoms with van der Waals surface area (Å²) in [5, 5.41) is 5.53. The van der Waals surface area contributed by atoms with Crippen LogP contribution in [0.25, 0.3) is 0 Å². The van der Waals surface area contributed by atoms with Gasteiger partial charge in [-0.05, 0) is 12.1 Å². The minimum absolute atomic E-state index is 0.397. The van der Waals surface area contributed by atoms with Gasteiger partial charge in [-0.2, -0.15) is 0 Å². The van der Waals surface area contributed by atoms with Crippen LogP contribution < -0.4 is 16.4 Å². The van der Waals surface area contributed by atoms with Gasteiger partial charge in [0.25, 0.3) is 0 Å². The van der Waals surface area contributed by atoms with Crippen LogP contribution >= 0.6 is 0 Å². The van der Waals surface area contributed by atoms with Crippen LogP contribution in [0.4, 0.5) is 4.79 Å². The average molecular weight is 240 g/mol. The number of nitrogens with two attached hydrogens (primary N) is 1. The van der Waals surface area contributed by atoms with Crippen molar-refractivity contribution >= 4 is 12.0 Å². The maximum absolute atomic E-state index is 11.1. The minimum atomic E-state index is -0.542. The lowest BCUT2D eigenvalue weighted by Gasteiger charge is -2.03. The van der Waals surface area contributed by atoms with E-state index in [0.717, 1.165) is 5.69 Å². The molecule has 0 saturated heterocycles. The maximum atomic E-state index is 11.1. The van der Waals surface area contributed by atoms with E-state index in [9.17, 15) is 9.59 Å². The van der Waals surface area contributed by atoms with E-state index in [1.54, 1.807) is 12.1 Å². The first-order valence-electron chi connectivity index (χ1n) is 5.13. The SMILES string of the molecule is COC(=O)c1ccc(CNCCNC(N)=O)[nH]1. The van der Waals surface area contributed by atoms with Crippen molar-refractivity contribution in [1.82, 2.24) is 15.6 Å². The monoisotopic (exact) mass is 240 g/mol. The summed E-state index contributed by atoms with van der Waals surface area (Å²) in [6, 6.07) is 2.91. The molecule has 0 aliphatic carbocycles. The number of esters is 1. The molecule has 0 fully saturated rings. The minimum Gasteiger partial charge on any atom is -0.464 e. The van der Waals surface area contributed by atoms with E-state index < -0.39 is 12.0 Å². The van der Waals surface area contributed by atoms with Crippen molar-refractivity contribution in [2.45, 2.75) is 6.54 Å². The van der Waals surface area contributed by atoms with Gasteiger partial charge in [0.1, 0.15) is 5.69 Å². The summed E-state index contributed by atoms with van der Waals surface area (Å²) in [4.78, 5) is 24.4. The second kappa shape index (κ2) is 6.54. The zero-order valence-corrected chi connectivity index (χ0v) is 9.58. The molecule has 7 heteroatoms. The highest BCUT2D eigenvalue weighted by molar-refractivity contribution is 5.87. The van der Waals surface area contributed by atoms with Gasteiger partial charge >= 0.3 is 12.0 Å². The number of hydrogen-bond donors (Lipinski definition) is 4. The first-order valence-corrected chi connectivity index (χ1v) is 5.13. The normalized spacial score (nSPS) is 9.94. The van der Waals surface area contributed by atoms with Crippen LogP contribution in [0, 0.1) is 0 Å². The molecular formula is C10H16N4O3. The number of hydrogen-bond acceptors (Lipinski definition) is 4. The zero-order valence-electron chi connectivity index (χ0n) is 9.58. The Morgan fingerprint density at radius 1 is 1.41 bits per heavy atom. The number of rotatable bonds is 6. The number of urea groups is 1. The standard InChI is InChI=1S/C10H16N4O3/c1-17-9(15)8-3-2-7(14-8)6-12-4-5-13-10(11)16/h2-3,12,14H,4-6H2,1H3,(H3,11,13,16). The van der Waals surface area contributed by atoms with Gasteiger partial charge in [-0.15, -0.1) is 0 Å². The molecule has 17 heavy (non-hydrogen) atoms. The van der Waals surface area contributed by atoms with E-state index in [4.69, 9.17) is 5.73 Å². The highest BCUT2D eigenvalue weighted by Crippen LogP contribution is 2.02. The fourth-order valence-corrected chi connectivity index (χ4v) is 1.27. The second-order valence-corrected chi connectivity index (χ2v) is 3.36. The van der Waals surface area contributed by atoms with Crippen molar-refractivity contribution in [3.8, 4) is 0 Å². The fourth-order valence-electron chi connectivity index (χ4n) is 1.27. The smallest absolute Gasteiger partial charge is 0.354 e. The summed E-state index contributed by atoms with van der Waals surface area (Å²) < 4.78 is 4.57. The first-order chi connectivity index (χ1) is 8.13. The summed E-state index contributed by atoms with van der Waals surface area (Å²) in [6.45, 7) is 1.62. The maximum Gasteiger partial charge on any atom is 0.354 e. The molecule has 0 saturated carbocycles. The van der Waals surface area contributed by atoms with Crippen LogP contribution in [0.15, 0.2) is 12.1 Å². The van der Waals surface area contributed by atoms with Gasteiger partial charge in [0.05, 0.1) is 7.11 Å². The number of aromatic nitrogens is 1. The highest BCUT2D eigenvalue weighted by atomic mass is 16.5. The van der Waals surface area contributed by atoms with Crippen LogP contribution in [0.3, 0.4) is 0 Å². The molecule has 1 rings (SSSR count). The number of amides is 2. The van der Waals surface area contributed by atoms with Crippen molar-refractivity contribution in [2.75, 3.05) is 20.2 Å². The molecule has 7 nitrogen and oxygen atoms in total. The van der Waals surface area contributed by atoms with E-state index in [1.165, 1.54) is 7.11 Å². The average Bonchev–Trinajstić information content (AvgIpc) is 2.76. The zero-order chi connectivity index (χ0) is 12.7.